The number of sulfone groups is 1. The number of anilines is 1. The molecule has 0 spiro atoms. The molecule has 132 valence electrons. The van der Waals surface area contributed by atoms with Crippen molar-refractivity contribution in [3.63, 3.8) is 0 Å². The molecule has 1 N–H and O–H groups in total. The van der Waals surface area contributed by atoms with Crippen molar-refractivity contribution in [1.29, 1.82) is 0 Å². The zero-order valence-corrected chi connectivity index (χ0v) is 16.0. The summed E-state index contributed by atoms with van der Waals surface area (Å²) < 4.78 is 51.3. The van der Waals surface area contributed by atoms with E-state index in [-0.39, 0.29) is 9.24 Å². The van der Waals surface area contributed by atoms with Crippen molar-refractivity contribution in [2.45, 2.75) is 22.6 Å². The lowest BCUT2D eigenvalue weighted by Crippen LogP contribution is -2.12. The summed E-state index contributed by atoms with van der Waals surface area (Å²) in [5, 5.41) is 0. The van der Waals surface area contributed by atoms with Crippen LogP contribution in [0.2, 0.25) is 0 Å². The largest absolute Gasteiger partial charge is 0.280 e. The molecule has 3 aromatic rings. The molecule has 2 aromatic carbocycles. The first-order valence-electron chi connectivity index (χ1n) is 7.41. The van der Waals surface area contributed by atoms with Crippen molar-refractivity contribution in [3.05, 3.63) is 48.0 Å². The number of nitrogens with one attached hydrogen (secondary N) is 1. The van der Waals surface area contributed by atoms with Gasteiger partial charge in [0.2, 0.25) is 14.2 Å². The second-order valence-corrected chi connectivity index (χ2v) is 10.4. The van der Waals surface area contributed by atoms with Crippen molar-refractivity contribution in [2.24, 2.45) is 0 Å². The quantitative estimate of drug-likeness (QED) is 0.715. The number of sulfonamides is 1. The molecule has 0 saturated heterocycles. The first kappa shape index (κ1) is 17.8. The Hall–Kier alpha value is -1.97. The second-order valence-electron chi connectivity index (χ2n) is 5.54. The minimum absolute atomic E-state index is 0.0117. The number of rotatable bonds is 5. The van der Waals surface area contributed by atoms with Crippen LogP contribution < -0.4 is 4.72 Å². The van der Waals surface area contributed by atoms with Crippen LogP contribution in [0, 0.1) is 0 Å². The van der Waals surface area contributed by atoms with Gasteiger partial charge in [-0.05, 0) is 42.3 Å². The lowest BCUT2D eigenvalue weighted by atomic mass is 10.2. The summed E-state index contributed by atoms with van der Waals surface area (Å²) >= 11 is 1.01. The molecule has 0 saturated carbocycles. The van der Waals surface area contributed by atoms with Gasteiger partial charge in [-0.2, -0.15) is 0 Å². The summed E-state index contributed by atoms with van der Waals surface area (Å²) in [6.45, 7) is 2.00. The number of benzene rings is 2. The fraction of sp³-hybridized carbons (Fsp3) is 0.188. The predicted molar refractivity (Wildman–Crippen MR) is 99.4 cm³/mol. The van der Waals surface area contributed by atoms with Gasteiger partial charge in [-0.3, -0.25) is 4.72 Å². The second kappa shape index (κ2) is 6.40. The molecular weight excluding hydrogens is 380 g/mol. The molecule has 1 aromatic heterocycles. The fourth-order valence-electron chi connectivity index (χ4n) is 2.24. The molecule has 0 aliphatic heterocycles. The van der Waals surface area contributed by atoms with Crippen molar-refractivity contribution in [2.75, 3.05) is 11.0 Å². The molecule has 0 amide bonds. The maximum absolute atomic E-state index is 12.5. The fourth-order valence-corrected chi connectivity index (χ4v) is 5.17. The van der Waals surface area contributed by atoms with Gasteiger partial charge in [0.25, 0.3) is 10.0 Å². The number of thiazole rings is 1. The Bertz CT molecular complexity index is 1130. The van der Waals surface area contributed by atoms with E-state index in [0.29, 0.717) is 15.9 Å². The molecule has 0 fully saturated rings. The van der Waals surface area contributed by atoms with E-state index in [4.69, 9.17) is 0 Å². The lowest BCUT2D eigenvalue weighted by Gasteiger charge is -2.08. The van der Waals surface area contributed by atoms with Crippen LogP contribution in [0.3, 0.4) is 0 Å². The van der Waals surface area contributed by atoms with Crippen molar-refractivity contribution < 1.29 is 16.8 Å². The summed E-state index contributed by atoms with van der Waals surface area (Å²) in [5.74, 6) is 0. The monoisotopic (exact) mass is 396 g/mol. The molecule has 6 nitrogen and oxygen atoms in total. The van der Waals surface area contributed by atoms with Gasteiger partial charge in [0, 0.05) is 6.26 Å². The van der Waals surface area contributed by atoms with E-state index >= 15 is 0 Å². The number of fused-ring (bicyclic) bond motifs is 1. The molecule has 3 rings (SSSR count). The number of nitrogens with zero attached hydrogens (tertiary/aromatic N) is 1. The van der Waals surface area contributed by atoms with Crippen LogP contribution in [0.25, 0.3) is 10.2 Å². The van der Waals surface area contributed by atoms with Crippen LogP contribution in [0.15, 0.2) is 51.7 Å². The van der Waals surface area contributed by atoms with Gasteiger partial charge < -0.3 is 0 Å². The van der Waals surface area contributed by atoms with Crippen molar-refractivity contribution in [1.82, 2.24) is 4.98 Å². The number of aryl methyl sites for hydroxylation is 1. The average molecular weight is 397 g/mol. The Morgan fingerprint density at radius 3 is 2.32 bits per heavy atom. The van der Waals surface area contributed by atoms with E-state index in [2.05, 4.69) is 9.71 Å². The van der Waals surface area contributed by atoms with Crippen LogP contribution in [0.1, 0.15) is 12.5 Å². The predicted octanol–water partition coefficient (Wildman–Crippen LogP) is 3.06. The normalized spacial score (nSPS) is 12.4. The van der Waals surface area contributed by atoms with Crippen LogP contribution in [0.4, 0.5) is 5.69 Å². The number of aromatic nitrogens is 1. The third-order valence-corrected chi connectivity index (χ3v) is 7.67. The highest BCUT2D eigenvalue weighted by Crippen LogP contribution is 2.28. The minimum Gasteiger partial charge on any atom is -0.280 e. The van der Waals surface area contributed by atoms with Crippen molar-refractivity contribution in [3.8, 4) is 0 Å². The number of hydrogen-bond acceptors (Lipinski definition) is 6. The molecule has 0 radical (unpaired) electrons. The van der Waals surface area contributed by atoms with E-state index < -0.39 is 19.9 Å². The van der Waals surface area contributed by atoms with E-state index in [1.807, 2.05) is 6.92 Å². The van der Waals surface area contributed by atoms with Crippen LogP contribution >= 0.6 is 11.3 Å². The summed E-state index contributed by atoms with van der Waals surface area (Å²) in [5.41, 5.74) is 1.93. The Balaban J connectivity index is 1.93. The van der Waals surface area contributed by atoms with Gasteiger partial charge in [0.1, 0.15) is 0 Å². The van der Waals surface area contributed by atoms with E-state index in [1.165, 1.54) is 0 Å². The molecular formula is C16H16N2O4S3. The molecule has 1 heterocycles. The molecule has 0 aliphatic carbocycles. The molecule has 9 heteroatoms. The van der Waals surface area contributed by atoms with Crippen LogP contribution in [-0.2, 0) is 26.3 Å². The van der Waals surface area contributed by atoms with Gasteiger partial charge in [0.05, 0.1) is 20.8 Å². The first-order valence-corrected chi connectivity index (χ1v) is 11.6. The van der Waals surface area contributed by atoms with Crippen LogP contribution in [-0.4, -0.2) is 28.1 Å². The van der Waals surface area contributed by atoms with Gasteiger partial charge in [-0.25, -0.2) is 21.8 Å². The highest BCUT2D eigenvalue weighted by molar-refractivity contribution is 7.93. The standard InChI is InChI=1S/C16H16N2O4S3/c1-3-11-4-7-13(8-5-11)25(21,22)18-12-6-9-14-15(10-12)23-16(17-14)24(2,19)20/h4-10,18H,3H2,1-2H3. The highest BCUT2D eigenvalue weighted by Gasteiger charge is 2.17. The van der Waals surface area contributed by atoms with Gasteiger partial charge in [0.15, 0.2) is 0 Å². The lowest BCUT2D eigenvalue weighted by molar-refractivity contribution is 0.599. The minimum atomic E-state index is -3.71. The summed E-state index contributed by atoms with van der Waals surface area (Å²) in [6.07, 6.45) is 1.92. The van der Waals surface area contributed by atoms with Crippen molar-refractivity contribution >= 4 is 47.1 Å². The van der Waals surface area contributed by atoms with Gasteiger partial charge in [-0.15, -0.1) is 11.3 Å². The smallest absolute Gasteiger partial charge is 0.261 e. The summed E-state index contributed by atoms with van der Waals surface area (Å²) in [4.78, 5) is 4.22. The van der Waals surface area contributed by atoms with Gasteiger partial charge >= 0.3 is 0 Å². The third-order valence-electron chi connectivity index (χ3n) is 3.58. The molecule has 25 heavy (non-hydrogen) atoms. The average Bonchev–Trinajstić information content (AvgIpc) is 2.98. The molecule has 0 atom stereocenters. The topological polar surface area (TPSA) is 93.2 Å². The van der Waals surface area contributed by atoms with Gasteiger partial charge in [-0.1, -0.05) is 19.1 Å². The van der Waals surface area contributed by atoms with Crippen LogP contribution in [0.5, 0.6) is 0 Å². The Morgan fingerprint density at radius 1 is 1.04 bits per heavy atom. The molecule has 0 aliphatic rings. The Labute approximate surface area is 150 Å². The maximum atomic E-state index is 12.5. The maximum Gasteiger partial charge on any atom is 0.261 e. The zero-order chi connectivity index (χ0) is 18.2. The molecule has 0 bridgehead atoms. The third kappa shape index (κ3) is 3.83. The molecule has 0 unspecified atom stereocenters. The van der Waals surface area contributed by atoms with E-state index in [0.717, 1.165) is 29.6 Å². The van der Waals surface area contributed by atoms with E-state index in [9.17, 15) is 16.8 Å². The summed E-state index contributed by atoms with van der Waals surface area (Å²) in [7, 11) is -7.11. The first-order chi connectivity index (χ1) is 11.7. The Morgan fingerprint density at radius 2 is 1.72 bits per heavy atom. The zero-order valence-electron chi connectivity index (χ0n) is 13.6. The number of hydrogen-bond donors (Lipinski definition) is 1. The summed E-state index contributed by atoms with van der Waals surface area (Å²) in [6, 6.07) is 11.4. The SMILES string of the molecule is CCc1ccc(S(=O)(=O)Nc2ccc3nc(S(C)(=O)=O)sc3c2)cc1. The Kier molecular flexibility index (Phi) is 4.56. The van der Waals surface area contributed by atoms with E-state index in [1.54, 1.807) is 42.5 Å². The highest BCUT2D eigenvalue weighted by atomic mass is 32.2.